The number of hydrogen-bond acceptors (Lipinski definition) is 5. The fourth-order valence-electron chi connectivity index (χ4n) is 4.08. The fraction of sp³-hybridized carbons (Fsp3) is 0.600. The molecule has 2 aromatic rings. The number of unbranched alkanes of at least 4 members (excludes halogenated alkanes) is 2. The number of rotatable bonds is 8. The maximum Gasteiger partial charge on any atom is 0.150 e. The van der Waals surface area contributed by atoms with Crippen LogP contribution in [0.5, 0.6) is 0 Å². The number of nitrogens with two attached hydrogens (primary N) is 1. The quantitative estimate of drug-likeness (QED) is 0.489. The van der Waals surface area contributed by atoms with E-state index in [0.717, 1.165) is 42.4 Å². The molecular formula is C25H39N5. The van der Waals surface area contributed by atoms with Gasteiger partial charge in [0.15, 0.2) is 0 Å². The van der Waals surface area contributed by atoms with Crippen LogP contribution in [0.1, 0.15) is 58.9 Å². The van der Waals surface area contributed by atoms with E-state index in [9.17, 15) is 0 Å². The Balaban J connectivity index is 1.53. The molecule has 2 heterocycles. The zero-order chi connectivity index (χ0) is 21.6. The van der Waals surface area contributed by atoms with Crippen molar-refractivity contribution in [1.29, 1.82) is 0 Å². The SMILES string of the molecule is CCCCC=Nc1cc2ccc(CCCN3CCN(C(C)(C)C)CC3)cc2nc1N. The lowest BCUT2D eigenvalue weighted by Gasteiger charge is -2.42. The summed E-state index contributed by atoms with van der Waals surface area (Å²) < 4.78 is 0. The monoisotopic (exact) mass is 409 g/mol. The maximum absolute atomic E-state index is 6.16. The van der Waals surface area contributed by atoms with E-state index in [0.29, 0.717) is 5.82 Å². The van der Waals surface area contributed by atoms with Crippen molar-refractivity contribution < 1.29 is 0 Å². The first-order valence-electron chi connectivity index (χ1n) is 11.6. The number of benzene rings is 1. The third-order valence-corrected chi connectivity index (χ3v) is 6.07. The Morgan fingerprint density at radius 1 is 1.10 bits per heavy atom. The molecule has 1 aromatic heterocycles. The van der Waals surface area contributed by atoms with Gasteiger partial charge in [-0.2, -0.15) is 0 Å². The van der Waals surface area contributed by atoms with E-state index in [1.165, 1.54) is 44.6 Å². The maximum atomic E-state index is 6.16. The molecule has 0 atom stereocenters. The zero-order valence-corrected chi connectivity index (χ0v) is 19.3. The summed E-state index contributed by atoms with van der Waals surface area (Å²) in [6.45, 7) is 15.0. The smallest absolute Gasteiger partial charge is 0.150 e. The Kier molecular flexibility index (Phi) is 7.84. The molecule has 1 fully saturated rings. The van der Waals surface area contributed by atoms with E-state index >= 15 is 0 Å². The summed E-state index contributed by atoms with van der Waals surface area (Å²) in [5.41, 5.74) is 9.52. The van der Waals surface area contributed by atoms with E-state index in [1.54, 1.807) is 0 Å². The van der Waals surface area contributed by atoms with Crippen molar-refractivity contribution in [3.05, 3.63) is 29.8 Å². The summed E-state index contributed by atoms with van der Waals surface area (Å²) in [6.07, 6.45) is 7.52. The lowest BCUT2D eigenvalue weighted by molar-refractivity contribution is 0.0619. The van der Waals surface area contributed by atoms with Crippen molar-refractivity contribution in [1.82, 2.24) is 14.8 Å². The first kappa shape index (κ1) is 22.7. The number of aliphatic imine (C=N–C) groups is 1. The minimum Gasteiger partial charge on any atom is -0.382 e. The Hall–Kier alpha value is -1.98. The van der Waals surface area contributed by atoms with Gasteiger partial charge in [0.05, 0.1) is 5.52 Å². The molecule has 0 unspecified atom stereocenters. The lowest BCUT2D eigenvalue weighted by atomic mass is 10.0. The molecular weight excluding hydrogens is 370 g/mol. The van der Waals surface area contributed by atoms with Crippen molar-refractivity contribution in [2.45, 2.75) is 65.3 Å². The summed E-state index contributed by atoms with van der Waals surface area (Å²) in [6, 6.07) is 8.62. The highest BCUT2D eigenvalue weighted by molar-refractivity contribution is 5.86. The van der Waals surface area contributed by atoms with Gasteiger partial charge >= 0.3 is 0 Å². The Morgan fingerprint density at radius 3 is 2.57 bits per heavy atom. The van der Waals surface area contributed by atoms with E-state index in [2.05, 4.69) is 71.7 Å². The van der Waals surface area contributed by atoms with E-state index in [1.807, 2.05) is 6.21 Å². The molecule has 3 rings (SSSR count). The van der Waals surface area contributed by atoms with Gasteiger partial charge in [-0.1, -0.05) is 25.5 Å². The van der Waals surface area contributed by atoms with Crippen molar-refractivity contribution in [3.63, 3.8) is 0 Å². The molecule has 30 heavy (non-hydrogen) atoms. The Morgan fingerprint density at radius 2 is 1.87 bits per heavy atom. The molecule has 1 aliphatic heterocycles. The van der Waals surface area contributed by atoms with Gasteiger partial charge in [-0.05, 0) is 70.7 Å². The van der Waals surface area contributed by atoms with Crippen molar-refractivity contribution in [2.75, 3.05) is 38.5 Å². The number of pyridine rings is 1. The standard InChI is InChI=1S/C25H39N5/c1-5-6-7-12-27-23-19-21-11-10-20(18-22(21)28-24(23)26)9-8-13-29-14-16-30(17-15-29)25(2,3)4/h10-12,18-19H,5-9,13-17H2,1-4H3,(H2,26,28). The highest BCUT2D eigenvalue weighted by Gasteiger charge is 2.25. The van der Waals surface area contributed by atoms with Crippen LogP contribution < -0.4 is 5.73 Å². The molecule has 1 aliphatic rings. The van der Waals surface area contributed by atoms with Gasteiger partial charge in [0.2, 0.25) is 0 Å². The van der Waals surface area contributed by atoms with Crippen LogP contribution in [0.25, 0.3) is 10.9 Å². The largest absolute Gasteiger partial charge is 0.382 e. The number of aryl methyl sites for hydroxylation is 1. The number of anilines is 1. The Labute approximate surface area is 182 Å². The van der Waals surface area contributed by atoms with E-state index in [-0.39, 0.29) is 5.54 Å². The first-order valence-corrected chi connectivity index (χ1v) is 11.6. The van der Waals surface area contributed by atoms with Gasteiger partial charge in [0.25, 0.3) is 0 Å². The minimum atomic E-state index is 0.284. The predicted molar refractivity (Wildman–Crippen MR) is 130 cm³/mol. The van der Waals surface area contributed by atoms with Gasteiger partial charge in [-0.3, -0.25) is 9.89 Å². The minimum absolute atomic E-state index is 0.284. The third-order valence-electron chi connectivity index (χ3n) is 6.07. The molecule has 0 aliphatic carbocycles. The van der Waals surface area contributed by atoms with Crippen LogP contribution in [-0.2, 0) is 6.42 Å². The molecule has 0 saturated carbocycles. The van der Waals surface area contributed by atoms with Crippen LogP contribution in [-0.4, -0.2) is 59.3 Å². The fourth-order valence-corrected chi connectivity index (χ4v) is 4.08. The van der Waals surface area contributed by atoms with Gasteiger partial charge in [0, 0.05) is 43.3 Å². The summed E-state index contributed by atoms with van der Waals surface area (Å²) in [4.78, 5) is 14.3. The van der Waals surface area contributed by atoms with Crippen LogP contribution in [0.3, 0.4) is 0 Å². The second kappa shape index (κ2) is 10.4. The second-order valence-electron chi connectivity index (χ2n) is 9.48. The van der Waals surface area contributed by atoms with Crippen molar-refractivity contribution in [2.24, 2.45) is 4.99 Å². The average Bonchev–Trinajstić information content (AvgIpc) is 2.71. The van der Waals surface area contributed by atoms with E-state index < -0.39 is 0 Å². The number of aromatic nitrogens is 1. The van der Waals surface area contributed by atoms with E-state index in [4.69, 9.17) is 5.73 Å². The van der Waals surface area contributed by atoms with Gasteiger partial charge in [-0.25, -0.2) is 4.98 Å². The van der Waals surface area contributed by atoms with Crippen LogP contribution in [0.2, 0.25) is 0 Å². The summed E-state index contributed by atoms with van der Waals surface area (Å²) in [7, 11) is 0. The normalized spacial score (nSPS) is 16.7. The summed E-state index contributed by atoms with van der Waals surface area (Å²) >= 11 is 0. The Bertz CT molecular complexity index is 844. The lowest BCUT2D eigenvalue weighted by Crippen LogP contribution is -2.53. The molecule has 1 saturated heterocycles. The topological polar surface area (TPSA) is 57.8 Å². The van der Waals surface area contributed by atoms with Crippen LogP contribution in [0, 0.1) is 0 Å². The number of nitrogen functional groups attached to an aromatic ring is 1. The third kappa shape index (κ3) is 6.26. The molecule has 1 aromatic carbocycles. The van der Waals surface area contributed by atoms with Crippen LogP contribution in [0.4, 0.5) is 11.5 Å². The van der Waals surface area contributed by atoms with Crippen molar-refractivity contribution in [3.8, 4) is 0 Å². The molecule has 0 radical (unpaired) electrons. The van der Waals surface area contributed by atoms with Crippen LogP contribution >= 0.6 is 0 Å². The highest BCUT2D eigenvalue weighted by Crippen LogP contribution is 2.26. The second-order valence-corrected chi connectivity index (χ2v) is 9.48. The van der Waals surface area contributed by atoms with Crippen molar-refractivity contribution >= 4 is 28.6 Å². The zero-order valence-electron chi connectivity index (χ0n) is 19.3. The van der Waals surface area contributed by atoms with Gasteiger partial charge in [0.1, 0.15) is 11.5 Å². The average molecular weight is 410 g/mol. The molecule has 5 nitrogen and oxygen atoms in total. The molecule has 5 heteroatoms. The summed E-state index contributed by atoms with van der Waals surface area (Å²) in [5.74, 6) is 0.518. The highest BCUT2D eigenvalue weighted by atomic mass is 15.3. The molecule has 2 N–H and O–H groups in total. The predicted octanol–water partition coefficient (Wildman–Crippen LogP) is 5.06. The molecule has 164 valence electrons. The van der Waals surface area contributed by atoms with Gasteiger partial charge in [-0.15, -0.1) is 0 Å². The number of nitrogens with zero attached hydrogens (tertiary/aromatic N) is 4. The molecule has 0 spiro atoms. The number of fused-ring (bicyclic) bond motifs is 1. The molecule has 0 amide bonds. The number of hydrogen-bond donors (Lipinski definition) is 1. The van der Waals surface area contributed by atoms with Crippen LogP contribution in [0.15, 0.2) is 29.3 Å². The molecule has 0 bridgehead atoms. The van der Waals surface area contributed by atoms with Gasteiger partial charge < -0.3 is 10.6 Å². The first-order chi connectivity index (χ1) is 14.4. The number of piperazine rings is 1. The summed E-state index contributed by atoms with van der Waals surface area (Å²) in [5, 5.41) is 1.11.